The van der Waals surface area contributed by atoms with Gasteiger partial charge in [0.1, 0.15) is 5.70 Å². The molecule has 1 atom stereocenters. The summed E-state index contributed by atoms with van der Waals surface area (Å²) in [6.07, 6.45) is 1.44. The Balaban J connectivity index is 1.47. The van der Waals surface area contributed by atoms with Crippen LogP contribution in [0.1, 0.15) is 28.5 Å². The quantitative estimate of drug-likeness (QED) is 0.136. The highest BCUT2D eigenvalue weighted by Gasteiger charge is 2.18. The molecule has 0 aliphatic heterocycles. The molecule has 3 aromatic carbocycles. The summed E-state index contributed by atoms with van der Waals surface area (Å²) in [5, 5.41) is 11.0. The fraction of sp³-hybridized carbons (Fsp3) is 0.103. The Morgan fingerprint density at radius 1 is 0.925 bits per heavy atom. The van der Waals surface area contributed by atoms with E-state index in [0.717, 1.165) is 10.6 Å². The minimum Gasteiger partial charge on any atom is -0.321 e. The molecule has 40 heavy (non-hydrogen) atoms. The number of aromatic nitrogens is 1. The van der Waals surface area contributed by atoms with E-state index < -0.39 is 11.8 Å². The van der Waals surface area contributed by atoms with Crippen LogP contribution >= 0.6 is 46.3 Å². The first-order valence-electron chi connectivity index (χ1n) is 12.0. The average molecular weight is 612 g/mol. The molecule has 1 heterocycles. The van der Waals surface area contributed by atoms with E-state index in [1.165, 1.54) is 29.2 Å². The lowest BCUT2D eigenvalue weighted by Crippen LogP contribution is -2.30. The van der Waals surface area contributed by atoms with Crippen molar-refractivity contribution in [3.8, 4) is 0 Å². The number of carbonyl (C=O) groups excluding carboxylic acids is 3. The van der Waals surface area contributed by atoms with Gasteiger partial charge in [0.2, 0.25) is 5.91 Å². The van der Waals surface area contributed by atoms with Crippen molar-refractivity contribution in [2.75, 3.05) is 10.6 Å². The molecule has 3 amide bonds. The summed E-state index contributed by atoms with van der Waals surface area (Å²) in [6.45, 7) is 3.68. The van der Waals surface area contributed by atoms with Crippen molar-refractivity contribution in [1.29, 1.82) is 0 Å². The largest absolute Gasteiger partial charge is 0.321 e. The number of hydrogen-bond donors (Lipinski definition) is 3. The van der Waals surface area contributed by atoms with E-state index in [9.17, 15) is 14.4 Å². The Bertz CT molecular complexity index is 1540. The summed E-state index contributed by atoms with van der Waals surface area (Å²) < 4.78 is 0. The summed E-state index contributed by atoms with van der Waals surface area (Å²) in [7, 11) is 0. The van der Waals surface area contributed by atoms with Crippen LogP contribution < -0.4 is 16.0 Å². The molecule has 0 radical (unpaired) electrons. The van der Waals surface area contributed by atoms with Crippen LogP contribution in [0.3, 0.4) is 0 Å². The number of halogens is 2. The highest BCUT2D eigenvalue weighted by molar-refractivity contribution is 8.00. The van der Waals surface area contributed by atoms with Crippen LogP contribution in [-0.4, -0.2) is 28.0 Å². The van der Waals surface area contributed by atoms with Crippen LogP contribution in [0.5, 0.6) is 0 Å². The van der Waals surface area contributed by atoms with Crippen LogP contribution in [-0.2, 0) is 9.59 Å². The number of carbonyl (C=O) groups is 3. The maximum atomic E-state index is 13.3. The Labute approximate surface area is 250 Å². The van der Waals surface area contributed by atoms with Gasteiger partial charge in [-0.25, -0.2) is 4.98 Å². The van der Waals surface area contributed by atoms with Crippen LogP contribution in [0.2, 0.25) is 10.0 Å². The van der Waals surface area contributed by atoms with Gasteiger partial charge < -0.3 is 16.0 Å². The third-order valence-corrected chi connectivity index (χ3v) is 8.11. The second kappa shape index (κ2) is 13.6. The van der Waals surface area contributed by atoms with Gasteiger partial charge >= 0.3 is 0 Å². The number of hydrogen-bond acceptors (Lipinski definition) is 6. The van der Waals surface area contributed by atoms with Gasteiger partial charge in [0.15, 0.2) is 5.13 Å². The van der Waals surface area contributed by atoms with E-state index in [4.69, 9.17) is 23.2 Å². The van der Waals surface area contributed by atoms with E-state index in [1.54, 1.807) is 72.8 Å². The summed E-state index contributed by atoms with van der Waals surface area (Å²) in [6, 6.07) is 20.5. The molecule has 0 aliphatic rings. The van der Waals surface area contributed by atoms with Crippen LogP contribution in [0.4, 0.5) is 10.8 Å². The van der Waals surface area contributed by atoms with E-state index in [-0.39, 0.29) is 16.9 Å². The molecule has 1 unspecified atom stereocenters. The van der Waals surface area contributed by atoms with Crippen LogP contribution in [0.25, 0.3) is 6.08 Å². The zero-order chi connectivity index (χ0) is 28.6. The number of rotatable bonds is 9. The molecule has 1 aromatic heterocycles. The fourth-order valence-electron chi connectivity index (χ4n) is 3.43. The monoisotopic (exact) mass is 610 g/mol. The van der Waals surface area contributed by atoms with Crippen molar-refractivity contribution < 1.29 is 14.4 Å². The lowest BCUT2D eigenvalue weighted by molar-refractivity contribution is -0.115. The van der Waals surface area contributed by atoms with Gasteiger partial charge in [0, 0.05) is 37.1 Å². The standard InChI is InChI=1S/C29H24Cl2N4O3S2/c1-17-16-39-29(32-17)35-26(36)18(2)40-21-13-11-20(12-14-21)33-28(38)25(15-22-23(30)9-6-10-24(22)31)34-27(37)19-7-4-3-5-8-19/h3-16,18H,1-2H3,(H,33,38)(H,34,37)(H,32,35,36)/b25-15-. The second-order valence-electron chi connectivity index (χ2n) is 8.54. The molecule has 0 aliphatic carbocycles. The second-order valence-corrected chi connectivity index (χ2v) is 11.6. The van der Waals surface area contributed by atoms with Gasteiger partial charge in [-0.05, 0) is 68.5 Å². The van der Waals surface area contributed by atoms with E-state index in [1.807, 2.05) is 19.2 Å². The maximum absolute atomic E-state index is 13.3. The number of anilines is 2. The van der Waals surface area contributed by atoms with Crippen molar-refractivity contribution in [3.63, 3.8) is 0 Å². The molecule has 11 heteroatoms. The average Bonchev–Trinajstić information content (AvgIpc) is 3.35. The molecule has 204 valence electrons. The normalized spacial score (nSPS) is 11.9. The number of thioether (sulfide) groups is 1. The van der Waals surface area contributed by atoms with Crippen molar-refractivity contribution in [2.45, 2.75) is 24.0 Å². The number of nitrogens with zero attached hydrogens (tertiary/aromatic N) is 1. The number of thiazole rings is 1. The zero-order valence-electron chi connectivity index (χ0n) is 21.4. The first kappa shape index (κ1) is 29.4. The minimum atomic E-state index is -0.563. The Kier molecular flexibility index (Phi) is 10.0. The Morgan fingerprint density at radius 2 is 1.60 bits per heavy atom. The van der Waals surface area contributed by atoms with Crippen molar-refractivity contribution in [3.05, 3.63) is 111 Å². The molecule has 7 nitrogen and oxygen atoms in total. The van der Waals surface area contributed by atoms with Crippen molar-refractivity contribution in [1.82, 2.24) is 10.3 Å². The zero-order valence-corrected chi connectivity index (χ0v) is 24.5. The number of aryl methyl sites for hydroxylation is 1. The van der Waals surface area contributed by atoms with Gasteiger partial charge in [-0.1, -0.05) is 47.5 Å². The first-order valence-corrected chi connectivity index (χ1v) is 14.5. The highest BCUT2D eigenvalue weighted by atomic mass is 35.5. The van der Waals surface area contributed by atoms with Crippen LogP contribution in [0.15, 0.2) is 88.8 Å². The lowest BCUT2D eigenvalue weighted by atomic mass is 10.1. The molecule has 0 spiro atoms. The Morgan fingerprint density at radius 3 is 2.23 bits per heavy atom. The summed E-state index contributed by atoms with van der Waals surface area (Å²) in [5.74, 6) is -1.18. The molecule has 0 fully saturated rings. The maximum Gasteiger partial charge on any atom is 0.272 e. The smallest absolute Gasteiger partial charge is 0.272 e. The van der Waals surface area contributed by atoms with Crippen molar-refractivity contribution in [2.24, 2.45) is 0 Å². The highest BCUT2D eigenvalue weighted by Crippen LogP contribution is 2.28. The Hall–Kier alpha value is -3.63. The van der Waals surface area contributed by atoms with E-state index in [2.05, 4.69) is 20.9 Å². The first-order chi connectivity index (χ1) is 19.2. The summed E-state index contributed by atoms with van der Waals surface area (Å²) >= 11 is 15.4. The molecule has 0 bridgehead atoms. The number of amides is 3. The molecule has 0 saturated heterocycles. The van der Waals surface area contributed by atoms with Gasteiger partial charge in [-0.2, -0.15) is 0 Å². The number of benzene rings is 3. The molecule has 0 saturated carbocycles. The van der Waals surface area contributed by atoms with Gasteiger partial charge in [0.25, 0.3) is 11.8 Å². The van der Waals surface area contributed by atoms with E-state index in [0.29, 0.717) is 32.0 Å². The minimum absolute atomic E-state index is 0.0370. The SMILES string of the molecule is Cc1csc(NC(=O)C(C)Sc2ccc(NC(=O)/C(=C/c3c(Cl)cccc3Cl)NC(=O)c3ccccc3)cc2)n1. The van der Waals surface area contributed by atoms with Gasteiger partial charge in [-0.15, -0.1) is 23.1 Å². The topological polar surface area (TPSA) is 100 Å². The van der Waals surface area contributed by atoms with Crippen LogP contribution in [0, 0.1) is 6.92 Å². The predicted molar refractivity (Wildman–Crippen MR) is 164 cm³/mol. The summed E-state index contributed by atoms with van der Waals surface area (Å²) in [4.78, 5) is 43.8. The molecule has 3 N–H and O–H groups in total. The molecular formula is C29H24Cl2N4O3S2. The molecule has 4 rings (SSSR count). The van der Waals surface area contributed by atoms with Crippen molar-refractivity contribution >= 4 is 80.9 Å². The molecule has 4 aromatic rings. The summed E-state index contributed by atoms with van der Waals surface area (Å²) in [5.41, 5.74) is 2.10. The van der Waals surface area contributed by atoms with Gasteiger partial charge in [0.05, 0.1) is 10.9 Å². The third kappa shape index (κ3) is 7.95. The predicted octanol–water partition coefficient (Wildman–Crippen LogP) is 7.29. The van der Waals surface area contributed by atoms with E-state index >= 15 is 0 Å². The fourth-order valence-corrected chi connectivity index (χ4v) is 5.49. The third-order valence-electron chi connectivity index (χ3n) is 5.46. The number of nitrogens with one attached hydrogen (secondary N) is 3. The molecular weight excluding hydrogens is 587 g/mol. The lowest BCUT2D eigenvalue weighted by Gasteiger charge is -2.13. The van der Waals surface area contributed by atoms with Gasteiger partial charge in [-0.3, -0.25) is 14.4 Å².